The summed E-state index contributed by atoms with van der Waals surface area (Å²) < 4.78 is 5.06. The van der Waals surface area contributed by atoms with Crippen LogP contribution in [0.3, 0.4) is 0 Å². The van der Waals surface area contributed by atoms with Crippen LogP contribution in [0.4, 0.5) is 5.69 Å². The fourth-order valence-electron chi connectivity index (χ4n) is 2.68. The third kappa shape index (κ3) is 5.68. The highest BCUT2D eigenvalue weighted by Crippen LogP contribution is 2.23. The molecule has 1 aliphatic heterocycles. The van der Waals surface area contributed by atoms with Gasteiger partial charge >= 0.3 is 5.97 Å². The SMILES string of the molecule is CCOC(=O)C1CCCN(CC(=O)Nc2cc(Cl)cc(Cl)c2)C1. The van der Waals surface area contributed by atoms with Gasteiger partial charge in [-0.25, -0.2) is 0 Å². The number of ether oxygens (including phenoxy) is 1. The van der Waals surface area contributed by atoms with Crippen LogP contribution in [0.5, 0.6) is 0 Å². The summed E-state index contributed by atoms with van der Waals surface area (Å²) in [6, 6.07) is 4.89. The molecule has 2 rings (SSSR count). The van der Waals surface area contributed by atoms with Gasteiger partial charge in [-0.1, -0.05) is 23.2 Å². The number of hydrogen-bond donors (Lipinski definition) is 1. The van der Waals surface area contributed by atoms with Crippen molar-refractivity contribution in [1.82, 2.24) is 4.90 Å². The molecule has 1 atom stereocenters. The number of hydrogen-bond acceptors (Lipinski definition) is 4. The molecule has 0 aliphatic carbocycles. The number of likely N-dealkylation sites (tertiary alicyclic amines) is 1. The van der Waals surface area contributed by atoms with Gasteiger partial charge in [-0.15, -0.1) is 0 Å². The number of piperidine rings is 1. The molecule has 7 heteroatoms. The highest BCUT2D eigenvalue weighted by Gasteiger charge is 2.27. The Kier molecular flexibility index (Phi) is 6.69. The second-order valence-electron chi connectivity index (χ2n) is 5.53. The van der Waals surface area contributed by atoms with Crippen molar-refractivity contribution in [2.75, 3.05) is 31.6 Å². The number of esters is 1. The summed E-state index contributed by atoms with van der Waals surface area (Å²) in [7, 11) is 0. The highest BCUT2D eigenvalue weighted by molar-refractivity contribution is 6.35. The summed E-state index contributed by atoms with van der Waals surface area (Å²) in [4.78, 5) is 25.9. The molecule has 0 bridgehead atoms. The number of rotatable bonds is 5. The van der Waals surface area contributed by atoms with Gasteiger partial charge in [-0.3, -0.25) is 14.5 Å². The Morgan fingerprint density at radius 3 is 2.65 bits per heavy atom. The van der Waals surface area contributed by atoms with Crippen molar-refractivity contribution in [1.29, 1.82) is 0 Å². The molecule has 23 heavy (non-hydrogen) atoms. The van der Waals surface area contributed by atoms with Crippen LogP contribution in [0.15, 0.2) is 18.2 Å². The quantitative estimate of drug-likeness (QED) is 0.821. The first-order chi connectivity index (χ1) is 11.0. The first kappa shape index (κ1) is 18.0. The number of anilines is 1. The van der Waals surface area contributed by atoms with E-state index in [4.69, 9.17) is 27.9 Å². The monoisotopic (exact) mass is 358 g/mol. The van der Waals surface area contributed by atoms with Crippen molar-refractivity contribution >= 4 is 40.8 Å². The third-order valence-corrected chi connectivity index (χ3v) is 4.08. The maximum absolute atomic E-state index is 12.2. The van der Waals surface area contributed by atoms with Crippen molar-refractivity contribution < 1.29 is 14.3 Å². The molecular weight excluding hydrogens is 339 g/mol. The molecule has 0 aromatic heterocycles. The van der Waals surface area contributed by atoms with Crippen LogP contribution in [0, 0.1) is 5.92 Å². The van der Waals surface area contributed by atoms with Crippen LogP contribution in [0.2, 0.25) is 10.0 Å². The van der Waals surface area contributed by atoms with Gasteiger partial charge in [0.1, 0.15) is 0 Å². The normalized spacial score (nSPS) is 18.5. The predicted molar refractivity (Wildman–Crippen MR) is 90.9 cm³/mol. The smallest absolute Gasteiger partial charge is 0.310 e. The number of halogens is 2. The Hall–Kier alpha value is -1.30. The lowest BCUT2D eigenvalue weighted by Crippen LogP contribution is -2.43. The van der Waals surface area contributed by atoms with Crippen molar-refractivity contribution in [2.45, 2.75) is 19.8 Å². The highest BCUT2D eigenvalue weighted by atomic mass is 35.5. The Morgan fingerprint density at radius 1 is 1.30 bits per heavy atom. The topological polar surface area (TPSA) is 58.6 Å². The van der Waals surface area contributed by atoms with Gasteiger partial charge in [0.15, 0.2) is 0 Å². The van der Waals surface area contributed by atoms with Crippen molar-refractivity contribution in [2.24, 2.45) is 5.92 Å². The first-order valence-electron chi connectivity index (χ1n) is 7.63. The Morgan fingerprint density at radius 2 is 2.00 bits per heavy atom. The van der Waals surface area contributed by atoms with Crippen LogP contribution in [0.25, 0.3) is 0 Å². The van der Waals surface area contributed by atoms with E-state index in [0.29, 0.717) is 28.9 Å². The van der Waals surface area contributed by atoms with Crippen LogP contribution >= 0.6 is 23.2 Å². The molecule has 0 spiro atoms. The predicted octanol–water partition coefficient (Wildman–Crippen LogP) is 3.21. The Bertz CT molecular complexity index is 560. The summed E-state index contributed by atoms with van der Waals surface area (Å²) in [6.07, 6.45) is 1.68. The fourth-order valence-corrected chi connectivity index (χ4v) is 3.21. The molecule has 126 valence electrons. The number of amides is 1. The van der Waals surface area contributed by atoms with Crippen molar-refractivity contribution in [3.05, 3.63) is 28.2 Å². The van der Waals surface area contributed by atoms with E-state index in [1.54, 1.807) is 25.1 Å². The van der Waals surface area contributed by atoms with E-state index in [9.17, 15) is 9.59 Å². The lowest BCUT2D eigenvalue weighted by Gasteiger charge is -2.30. The standard InChI is InChI=1S/C16H20Cl2N2O3/c1-2-23-16(22)11-4-3-5-20(9-11)10-15(21)19-14-7-12(17)6-13(18)8-14/h6-8,11H,2-5,9-10H2,1H3,(H,19,21). The van der Waals surface area contributed by atoms with E-state index >= 15 is 0 Å². The minimum atomic E-state index is -0.181. The van der Waals surface area contributed by atoms with E-state index in [-0.39, 0.29) is 24.3 Å². The molecule has 5 nitrogen and oxygen atoms in total. The minimum absolute atomic E-state index is 0.155. The maximum atomic E-state index is 12.2. The van der Waals surface area contributed by atoms with Gasteiger partial charge in [-0.05, 0) is 44.5 Å². The second-order valence-corrected chi connectivity index (χ2v) is 6.41. The molecule has 1 heterocycles. The summed E-state index contributed by atoms with van der Waals surface area (Å²) >= 11 is 11.8. The van der Waals surface area contributed by atoms with Crippen LogP contribution in [0.1, 0.15) is 19.8 Å². The lowest BCUT2D eigenvalue weighted by molar-refractivity contribution is -0.150. The number of benzene rings is 1. The number of carbonyl (C=O) groups is 2. The van der Waals surface area contributed by atoms with E-state index in [1.807, 2.05) is 4.90 Å². The number of nitrogens with zero attached hydrogens (tertiary/aromatic N) is 1. The number of carbonyl (C=O) groups excluding carboxylic acids is 2. The zero-order valence-electron chi connectivity index (χ0n) is 13.0. The average molecular weight is 359 g/mol. The molecule has 0 saturated carbocycles. The van der Waals surface area contributed by atoms with Crippen LogP contribution in [-0.4, -0.2) is 43.0 Å². The molecule has 1 saturated heterocycles. The van der Waals surface area contributed by atoms with E-state index < -0.39 is 0 Å². The summed E-state index contributed by atoms with van der Waals surface area (Å²) in [5.41, 5.74) is 0.562. The Labute approximate surface area is 145 Å². The zero-order valence-corrected chi connectivity index (χ0v) is 14.5. The van der Waals surface area contributed by atoms with Gasteiger partial charge in [0.25, 0.3) is 0 Å². The molecule has 1 fully saturated rings. The molecule has 0 radical (unpaired) electrons. The lowest BCUT2D eigenvalue weighted by atomic mass is 9.98. The van der Waals surface area contributed by atoms with Gasteiger partial charge in [0.2, 0.25) is 5.91 Å². The fraction of sp³-hybridized carbons (Fsp3) is 0.500. The Balaban J connectivity index is 1.88. The van der Waals surface area contributed by atoms with Crippen molar-refractivity contribution in [3.8, 4) is 0 Å². The molecule has 1 aliphatic rings. The summed E-state index contributed by atoms with van der Waals surface area (Å²) in [6.45, 7) is 3.73. The van der Waals surface area contributed by atoms with E-state index in [2.05, 4.69) is 5.32 Å². The largest absolute Gasteiger partial charge is 0.466 e. The summed E-state index contributed by atoms with van der Waals surface area (Å²) in [5.74, 6) is -0.496. The molecule has 1 unspecified atom stereocenters. The van der Waals surface area contributed by atoms with Crippen molar-refractivity contribution in [3.63, 3.8) is 0 Å². The number of nitrogens with one attached hydrogen (secondary N) is 1. The van der Waals surface area contributed by atoms with Gasteiger partial charge in [0, 0.05) is 22.3 Å². The molecule has 1 amide bonds. The zero-order chi connectivity index (χ0) is 16.8. The maximum Gasteiger partial charge on any atom is 0.310 e. The molecule has 1 N–H and O–H groups in total. The van der Waals surface area contributed by atoms with E-state index in [1.165, 1.54) is 0 Å². The van der Waals surface area contributed by atoms with Crippen LogP contribution < -0.4 is 5.32 Å². The molecule has 1 aromatic carbocycles. The molecular formula is C16H20Cl2N2O3. The third-order valence-electron chi connectivity index (χ3n) is 3.64. The van der Waals surface area contributed by atoms with Crippen LogP contribution in [-0.2, 0) is 14.3 Å². The molecule has 1 aromatic rings. The van der Waals surface area contributed by atoms with Gasteiger partial charge < -0.3 is 10.1 Å². The van der Waals surface area contributed by atoms with Gasteiger partial charge in [0.05, 0.1) is 19.1 Å². The average Bonchev–Trinajstić information content (AvgIpc) is 2.46. The minimum Gasteiger partial charge on any atom is -0.466 e. The summed E-state index contributed by atoms with van der Waals surface area (Å²) in [5, 5.41) is 3.71. The van der Waals surface area contributed by atoms with E-state index in [0.717, 1.165) is 19.4 Å². The first-order valence-corrected chi connectivity index (χ1v) is 8.38. The second kappa shape index (κ2) is 8.52. The van der Waals surface area contributed by atoms with Gasteiger partial charge in [-0.2, -0.15) is 0 Å².